The van der Waals surface area contributed by atoms with Gasteiger partial charge < -0.3 is 5.11 Å². The third-order valence-electron chi connectivity index (χ3n) is 3.04. The number of aliphatic hydroxyl groups excluding tert-OH is 1. The van der Waals surface area contributed by atoms with Gasteiger partial charge in [0.15, 0.2) is 0 Å². The van der Waals surface area contributed by atoms with Crippen LogP contribution in [0.15, 0.2) is 6.07 Å². The van der Waals surface area contributed by atoms with Gasteiger partial charge >= 0.3 is 0 Å². The van der Waals surface area contributed by atoms with E-state index in [1.165, 1.54) is 0 Å². The summed E-state index contributed by atoms with van der Waals surface area (Å²) in [4.78, 5) is 9.01. The fourth-order valence-electron chi connectivity index (χ4n) is 1.86. The lowest BCUT2D eigenvalue weighted by atomic mass is 10.1. The lowest BCUT2D eigenvalue weighted by molar-refractivity contribution is 0.249. The van der Waals surface area contributed by atoms with Gasteiger partial charge in [-0.3, -0.25) is 0 Å². The number of nitrogens with zero attached hydrogens (tertiary/aromatic N) is 2. The Morgan fingerprint density at radius 3 is 2.67 bits per heavy atom. The van der Waals surface area contributed by atoms with Gasteiger partial charge in [-0.05, 0) is 32.3 Å². The third-order valence-corrected chi connectivity index (χ3v) is 3.04. The zero-order valence-electron chi connectivity index (χ0n) is 9.45. The predicted molar refractivity (Wildman–Crippen MR) is 58.8 cm³/mol. The average Bonchev–Trinajstić information content (AvgIpc) is 2.98. The summed E-state index contributed by atoms with van der Waals surface area (Å²) in [6.45, 7) is 4.33. The summed E-state index contributed by atoms with van der Waals surface area (Å²) in [7, 11) is 0. The Balaban J connectivity index is 2.31. The van der Waals surface area contributed by atoms with Crippen LogP contribution in [0.5, 0.6) is 0 Å². The fraction of sp³-hybridized carbons (Fsp3) is 0.667. The van der Waals surface area contributed by atoms with Crippen molar-refractivity contribution < 1.29 is 5.11 Å². The molecule has 0 amide bonds. The molecule has 0 unspecified atom stereocenters. The Bertz CT molecular complexity index is 359. The molecule has 82 valence electrons. The van der Waals surface area contributed by atoms with Crippen LogP contribution in [-0.2, 0) is 11.8 Å². The van der Waals surface area contributed by atoms with Gasteiger partial charge in [-0.15, -0.1) is 0 Å². The normalized spacial score (nSPS) is 17.8. The van der Waals surface area contributed by atoms with Crippen molar-refractivity contribution in [3.05, 3.63) is 23.3 Å². The molecule has 1 aromatic rings. The van der Waals surface area contributed by atoms with Gasteiger partial charge in [-0.2, -0.15) is 0 Å². The minimum atomic E-state index is -0.103. The SMILES string of the molecule is CCCc1cc(C)nc(C2(CO)CC2)n1. The molecular weight excluding hydrogens is 188 g/mol. The van der Waals surface area contributed by atoms with Gasteiger partial charge in [0.05, 0.1) is 12.0 Å². The first-order chi connectivity index (χ1) is 7.20. The Morgan fingerprint density at radius 1 is 1.40 bits per heavy atom. The van der Waals surface area contributed by atoms with E-state index in [0.717, 1.165) is 42.9 Å². The molecule has 3 heteroatoms. The molecule has 0 aliphatic heterocycles. The first kappa shape index (κ1) is 10.6. The van der Waals surface area contributed by atoms with E-state index in [1.807, 2.05) is 13.0 Å². The second kappa shape index (κ2) is 3.89. The van der Waals surface area contributed by atoms with E-state index >= 15 is 0 Å². The van der Waals surface area contributed by atoms with Gasteiger partial charge in [-0.1, -0.05) is 13.3 Å². The van der Waals surface area contributed by atoms with Crippen molar-refractivity contribution in [2.75, 3.05) is 6.61 Å². The largest absolute Gasteiger partial charge is 0.395 e. The van der Waals surface area contributed by atoms with E-state index in [2.05, 4.69) is 16.9 Å². The molecule has 3 nitrogen and oxygen atoms in total. The summed E-state index contributed by atoms with van der Waals surface area (Å²) >= 11 is 0. The molecule has 0 atom stereocenters. The Hall–Kier alpha value is -0.960. The van der Waals surface area contributed by atoms with Crippen LogP contribution in [0.3, 0.4) is 0 Å². The second-order valence-electron chi connectivity index (χ2n) is 4.51. The topological polar surface area (TPSA) is 46.0 Å². The maximum atomic E-state index is 9.34. The van der Waals surface area contributed by atoms with Gasteiger partial charge in [0.2, 0.25) is 0 Å². The maximum Gasteiger partial charge on any atom is 0.137 e. The monoisotopic (exact) mass is 206 g/mol. The molecule has 2 rings (SSSR count). The molecule has 15 heavy (non-hydrogen) atoms. The number of rotatable bonds is 4. The van der Waals surface area contributed by atoms with E-state index in [1.54, 1.807) is 0 Å². The van der Waals surface area contributed by atoms with Crippen LogP contribution in [0.2, 0.25) is 0 Å². The molecule has 1 aliphatic carbocycles. The summed E-state index contributed by atoms with van der Waals surface area (Å²) in [6.07, 6.45) is 4.15. The van der Waals surface area contributed by atoms with E-state index in [0.29, 0.717) is 0 Å². The van der Waals surface area contributed by atoms with Gasteiger partial charge in [-0.25, -0.2) is 9.97 Å². The van der Waals surface area contributed by atoms with Gasteiger partial charge in [0.25, 0.3) is 0 Å². The molecule has 0 saturated heterocycles. The Morgan fingerprint density at radius 2 is 2.13 bits per heavy atom. The van der Waals surface area contributed by atoms with Gasteiger partial charge in [0.1, 0.15) is 5.82 Å². The highest BCUT2D eigenvalue weighted by molar-refractivity contribution is 5.22. The molecule has 1 N–H and O–H groups in total. The van der Waals surface area contributed by atoms with E-state index in [4.69, 9.17) is 0 Å². The summed E-state index contributed by atoms with van der Waals surface area (Å²) in [6, 6.07) is 2.04. The first-order valence-corrected chi connectivity index (χ1v) is 5.66. The first-order valence-electron chi connectivity index (χ1n) is 5.66. The summed E-state index contributed by atoms with van der Waals surface area (Å²) in [5, 5.41) is 9.34. The maximum absolute atomic E-state index is 9.34. The molecule has 0 radical (unpaired) electrons. The minimum Gasteiger partial charge on any atom is -0.395 e. The van der Waals surface area contributed by atoms with Crippen molar-refractivity contribution in [2.24, 2.45) is 0 Å². The Kier molecular flexibility index (Phi) is 2.74. The van der Waals surface area contributed by atoms with E-state index in [-0.39, 0.29) is 12.0 Å². The molecule has 1 heterocycles. The fourth-order valence-corrected chi connectivity index (χ4v) is 1.86. The van der Waals surface area contributed by atoms with Crippen molar-refractivity contribution >= 4 is 0 Å². The summed E-state index contributed by atoms with van der Waals surface area (Å²) in [5.41, 5.74) is 2.03. The van der Waals surface area contributed by atoms with Gasteiger partial charge in [0, 0.05) is 11.4 Å². The molecule has 1 saturated carbocycles. The minimum absolute atomic E-state index is 0.103. The molecular formula is C12H18N2O. The predicted octanol–water partition coefficient (Wildman–Crippen LogP) is 1.76. The molecule has 1 aliphatic rings. The molecule has 0 aromatic carbocycles. The van der Waals surface area contributed by atoms with Crippen LogP contribution in [0, 0.1) is 6.92 Å². The van der Waals surface area contributed by atoms with Crippen LogP contribution in [0.1, 0.15) is 43.4 Å². The lowest BCUT2D eigenvalue weighted by Gasteiger charge is -2.12. The highest BCUT2D eigenvalue weighted by atomic mass is 16.3. The quantitative estimate of drug-likeness (QED) is 0.816. The van der Waals surface area contributed by atoms with Crippen molar-refractivity contribution in [2.45, 2.75) is 44.9 Å². The molecule has 0 spiro atoms. The van der Waals surface area contributed by atoms with Crippen molar-refractivity contribution in [3.8, 4) is 0 Å². The standard InChI is InChI=1S/C12H18N2O/c1-3-4-10-7-9(2)13-11(14-10)12(8-15)5-6-12/h7,15H,3-6,8H2,1-2H3. The van der Waals surface area contributed by atoms with E-state index in [9.17, 15) is 5.11 Å². The highest BCUT2D eigenvalue weighted by Gasteiger charge is 2.46. The summed E-state index contributed by atoms with van der Waals surface area (Å²) < 4.78 is 0. The third kappa shape index (κ3) is 2.02. The molecule has 1 fully saturated rings. The zero-order chi connectivity index (χ0) is 10.9. The molecule has 1 aromatic heterocycles. The number of hydrogen-bond donors (Lipinski definition) is 1. The van der Waals surface area contributed by atoms with E-state index < -0.39 is 0 Å². The molecule has 0 bridgehead atoms. The van der Waals surface area contributed by atoms with Crippen LogP contribution in [-0.4, -0.2) is 21.7 Å². The van der Waals surface area contributed by atoms with Crippen LogP contribution >= 0.6 is 0 Å². The van der Waals surface area contributed by atoms with Crippen molar-refractivity contribution in [1.29, 1.82) is 0 Å². The van der Waals surface area contributed by atoms with Crippen LogP contribution in [0.25, 0.3) is 0 Å². The Labute approximate surface area is 90.6 Å². The smallest absolute Gasteiger partial charge is 0.137 e. The summed E-state index contributed by atoms with van der Waals surface area (Å²) in [5.74, 6) is 0.855. The van der Waals surface area contributed by atoms with Crippen LogP contribution in [0.4, 0.5) is 0 Å². The zero-order valence-corrected chi connectivity index (χ0v) is 9.45. The number of aryl methyl sites for hydroxylation is 2. The average molecular weight is 206 g/mol. The second-order valence-corrected chi connectivity index (χ2v) is 4.51. The van der Waals surface area contributed by atoms with Crippen molar-refractivity contribution in [3.63, 3.8) is 0 Å². The van der Waals surface area contributed by atoms with Crippen molar-refractivity contribution in [1.82, 2.24) is 9.97 Å². The number of aliphatic hydroxyl groups is 1. The van der Waals surface area contributed by atoms with Crippen LogP contribution < -0.4 is 0 Å². The number of hydrogen-bond acceptors (Lipinski definition) is 3. The lowest BCUT2D eigenvalue weighted by Crippen LogP contribution is -2.17. The number of aromatic nitrogens is 2. The highest BCUT2D eigenvalue weighted by Crippen LogP contribution is 2.46.